The number of esters is 1. The molecule has 19 heavy (non-hydrogen) atoms. The summed E-state index contributed by atoms with van der Waals surface area (Å²) in [5, 5.41) is 0. The van der Waals surface area contributed by atoms with Crippen LogP contribution in [-0.4, -0.2) is 63.7 Å². The maximum Gasteiger partial charge on any atom is 0.311 e. The standard InChI is InChI=1S/C15H32N2O2/c1-8-15(2,3)14(18)19-10-9-13(11-16(4)5)12-17(6)7/h13H,8-12H2,1-7H3. The minimum Gasteiger partial charge on any atom is -0.465 e. The van der Waals surface area contributed by atoms with E-state index in [0.29, 0.717) is 12.5 Å². The van der Waals surface area contributed by atoms with Gasteiger partial charge in [-0.05, 0) is 60.8 Å². The fourth-order valence-electron chi connectivity index (χ4n) is 1.93. The molecule has 0 aromatic heterocycles. The first kappa shape index (κ1) is 18.4. The highest BCUT2D eigenvalue weighted by molar-refractivity contribution is 5.75. The third-order valence-electron chi connectivity index (χ3n) is 3.44. The molecule has 0 spiro atoms. The minimum atomic E-state index is -0.363. The molecule has 0 aromatic carbocycles. The van der Waals surface area contributed by atoms with Gasteiger partial charge in [0.1, 0.15) is 0 Å². The summed E-state index contributed by atoms with van der Waals surface area (Å²) in [7, 11) is 8.31. The van der Waals surface area contributed by atoms with Crippen molar-refractivity contribution in [3.8, 4) is 0 Å². The third-order valence-corrected chi connectivity index (χ3v) is 3.44. The Kier molecular flexibility index (Phi) is 8.26. The summed E-state index contributed by atoms with van der Waals surface area (Å²) in [5.41, 5.74) is -0.363. The summed E-state index contributed by atoms with van der Waals surface area (Å²) in [6.07, 6.45) is 1.73. The van der Waals surface area contributed by atoms with E-state index < -0.39 is 0 Å². The van der Waals surface area contributed by atoms with Crippen LogP contribution in [0, 0.1) is 11.3 Å². The van der Waals surface area contributed by atoms with Crippen molar-refractivity contribution in [3.63, 3.8) is 0 Å². The molecule has 0 rings (SSSR count). The number of ether oxygens (including phenoxy) is 1. The van der Waals surface area contributed by atoms with E-state index in [4.69, 9.17) is 4.74 Å². The monoisotopic (exact) mass is 272 g/mol. The number of nitrogens with zero attached hydrogens (tertiary/aromatic N) is 2. The predicted octanol–water partition coefficient (Wildman–Crippen LogP) is 2.10. The first-order valence-electron chi connectivity index (χ1n) is 7.15. The Labute approximate surface area is 119 Å². The van der Waals surface area contributed by atoms with E-state index in [0.717, 1.165) is 25.9 Å². The van der Waals surface area contributed by atoms with Crippen molar-refractivity contribution in [2.24, 2.45) is 11.3 Å². The van der Waals surface area contributed by atoms with Crippen molar-refractivity contribution in [2.45, 2.75) is 33.6 Å². The Morgan fingerprint density at radius 3 is 1.95 bits per heavy atom. The predicted molar refractivity (Wildman–Crippen MR) is 80.2 cm³/mol. The lowest BCUT2D eigenvalue weighted by molar-refractivity contribution is -0.154. The molecule has 0 unspecified atom stereocenters. The van der Waals surface area contributed by atoms with Crippen molar-refractivity contribution in [3.05, 3.63) is 0 Å². The molecule has 0 saturated carbocycles. The van der Waals surface area contributed by atoms with Gasteiger partial charge in [0, 0.05) is 13.1 Å². The average molecular weight is 272 g/mol. The zero-order valence-electron chi connectivity index (χ0n) is 13.8. The molecule has 0 amide bonds. The molecule has 0 atom stereocenters. The molecule has 0 aliphatic carbocycles. The molecular formula is C15H32N2O2. The van der Waals surface area contributed by atoms with Crippen LogP contribution >= 0.6 is 0 Å². The molecular weight excluding hydrogens is 240 g/mol. The summed E-state index contributed by atoms with van der Waals surface area (Å²) in [5.74, 6) is 0.450. The first-order chi connectivity index (χ1) is 8.69. The molecule has 0 heterocycles. The highest BCUT2D eigenvalue weighted by Crippen LogP contribution is 2.21. The minimum absolute atomic E-state index is 0.0801. The van der Waals surface area contributed by atoms with E-state index >= 15 is 0 Å². The van der Waals surface area contributed by atoms with Gasteiger partial charge >= 0.3 is 5.97 Å². The Bertz CT molecular complexity index is 253. The highest BCUT2D eigenvalue weighted by atomic mass is 16.5. The molecule has 4 heteroatoms. The molecule has 0 saturated heterocycles. The van der Waals surface area contributed by atoms with Crippen molar-refractivity contribution in [2.75, 3.05) is 47.9 Å². The number of carbonyl (C=O) groups is 1. The molecule has 0 bridgehead atoms. The number of carbonyl (C=O) groups excluding carboxylic acids is 1. The Morgan fingerprint density at radius 2 is 1.58 bits per heavy atom. The second kappa shape index (κ2) is 8.54. The van der Waals surface area contributed by atoms with Gasteiger partial charge in [-0.2, -0.15) is 0 Å². The second-order valence-electron chi connectivity index (χ2n) is 6.55. The van der Waals surface area contributed by atoms with Crippen LogP contribution in [0.3, 0.4) is 0 Å². The zero-order chi connectivity index (χ0) is 15.1. The number of hydrogen-bond donors (Lipinski definition) is 0. The SMILES string of the molecule is CCC(C)(C)C(=O)OCCC(CN(C)C)CN(C)C. The quantitative estimate of drug-likeness (QED) is 0.602. The van der Waals surface area contributed by atoms with E-state index in [1.165, 1.54) is 0 Å². The van der Waals surface area contributed by atoms with Gasteiger partial charge in [-0.15, -0.1) is 0 Å². The first-order valence-corrected chi connectivity index (χ1v) is 7.15. The van der Waals surface area contributed by atoms with E-state index in [9.17, 15) is 4.79 Å². The van der Waals surface area contributed by atoms with E-state index in [1.54, 1.807) is 0 Å². The molecule has 0 N–H and O–H groups in total. The van der Waals surface area contributed by atoms with Crippen LogP contribution < -0.4 is 0 Å². The Morgan fingerprint density at radius 1 is 1.11 bits per heavy atom. The van der Waals surface area contributed by atoms with E-state index in [1.807, 2.05) is 20.8 Å². The van der Waals surface area contributed by atoms with Crippen molar-refractivity contribution in [1.82, 2.24) is 9.80 Å². The van der Waals surface area contributed by atoms with Gasteiger partial charge in [-0.25, -0.2) is 0 Å². The van der Waals surface area contributed by atoms with Crippen molar-refractivity contribution >= 4 is 5.97 Å². The Hall–Kier alpha value is -0.610. The lowest BCUT2D eigenvalue weighted by atomic mass is 9.91. The fraction of sp³-hybridized carbons (Fsp3) is 0.933. The summed E-state index contributed by atoms with van der Waals surface area (Å²) in [6.45, 7) is 8.45. The summed E-state index contributed by atoms with van der Waals surface area (Å²) < 4.78 is 5.42. The Balaban J connectivity index is 4.15. The molecule has 0 radical (unpaired) electrons. The van der Waals surface area contributed by atoms with Crippen LogP contribution in [0.5, 0.6) is 0 Å². The van der Waals surface area contributed by atoms with Crippen LogP contribution in [0.25, 0.3) is 0 Å². The molecule has 0 fully saturated rings. The van der Waals surface area contributed by atoms with Gasteiger partial charge in [-0.1, -0.05) is 6.92 Å². The summed E-state index contributed by atoms with van der Waals surface area (Å²) in [6, 6.07) is 0. The second-order valence-corrected chi connectivity index (χ2v) is 6.55. The smallest absolute Gasteiger partial charge is 0.311 e. The van der Waals surface area contributed by atoms with Crippen molar-refractivity contribution in [1.29, 1.82) is 0 Å². The van der Waals surface area contributed by atoms with Gasteiger partial charge in [0.25, 0.3) is 0 Å². The van der Waals surface area contributed by atoms with Gasteiger partial charge in [-0.3, -0.25) is 4.79 Å². The van der Waals surface area contributed by atoms with Crippen LogP contribution in [0.2, 0.25) is 0 Å². The lowest BCUT2D eigenvalue weighted by Crippen LogP contribution is -2.32. The van der Waals surface area contributed by atoms with Gasteiger partial charge in [0.05, 0.1) is 12.0 Å². The molecule has 0 aromatic rings. The molecule has 114 valence electrons. The third kappa shape index (κ3) is 8.22. The molecule has 4 nitrogen and oxygen atoms in total. The normalized spacial score (nSPS) is 12.5. The van der Waals surface area contributed by atoms with Gasteiger partial charge in [0.2, 0.25) is 0 Å². The molecule has 0 aliphatic heterocycles. The van der Waals surface area contributed by atoms with Crippen LogP contribution in [0.15, 0.2) is 0 Å². The van der Waals surface area contributed by atoms with E-state index in [2.05, 4.69) is 38.0 Å². The largest absolute Gasteiger partial charge is 0.465 e. The summed E-state index contributed by atoms with van der Waals surface area (Å²) in [4.78, 5) is 16.3. The zero-order valence-corrected chi connectivity index (χ0v) is 13.8. The van der Waals surface area contributed by atoms with Crippen molar-refractivity contribution < 1.29 is 9.53 Å². The number of rotatable bonds is 9. The fourth-order valence-corrected chi connectivity index (χ4v) is 1.93. The maximum absolute atomic E-state index is 11.9. The van der Waals surface area contributed by atoms with Gasteiger partial charge in [0.15, 0.2) is 0 Å². The van der Waals surface area contributed by atoms with Crippen LogP contribution in [-0.2, 0) is 9.53 Å². The van der Waals surface area contributed by atoms with Crippen LogP contribution in [0.4, 0.5) is 0 Å². The topological polar surface area (TPSA) is 32.8 Å². The van der Waals surface area contributed by atoms with E-state index in [-0.39, 0.29) is 11.4 Å². The highest BCUT2D eigenvalue weighted by Gasteiger charge is 2.27. The summed E-state index contributed by atoms with van der Waals surface area (Å²) >= 11 is 0. The molecule has 0 aliphatic rings. The maximum atomic E-state index is 11.9. The van der Waals surface area contributed by atoms with Gasteiger partial charge < -0.3 is 14.5 Å². The average Bonchev–Trinajstić information content (AvgIpc) is 2.26. The number of hydrogen-bond acceptors (Lipinski definition) is 4. The van der Waals surface area contributed by atoms with Crippen LogP contribution in [0.1, 0.15) is 33.6 Å². The lowest BCUT2D eigenvalue weighted by Gasteiger charge is -2.25.